The highest BCUT2D eigenvalue weighted by Gasteiger charge is 2.11. The molecule has 0 aliphatic heterocycles. The summed E-state index contributed by atoms with van der Waals surface area (Å²) in [4.78, 5) is 19.5. The van der Waals surface area contributed by atoms with Gasteiger partial charge in [0.25, 0.3) is 5.91 Å². The Morgan fingerprint density at radius 1 is 1.08 bits per heavy atom. The summed E-state index contributed by atoms with van der Waals surface area (Å²) in [6.07, 6.45) is 3.20. The molecule has 25 heavy (non-hydrogen) atoms. The average Bonchev–Trinajstić information content (AvgIpc) is 2.64. The largest absolute Gasteiger partial charge is 0.393 e. The van der Waals surface area contributed by atoms with E-state index < -0.39 is 0 Å². The number of carbonyl (C=O) groups excluding carboxylic acids is 1. The predicted molar refractivity (Wildman–Crippen MR) is 97.2 cm³/mol. The maximum absolute atomic E-state index is 12.1. The van der Waals surface area contributed by atoms with Crippen LogP contribution in [0.15, 0.2) is 29.5 Å². The minimum absolute atomic E-state index is 0.228. The summed E-state index contributed by atoms with van der Waals surface area (Å²) in [6.45, 7) is 4.78. The van der Waals surface area contributed by atoms with Gasteiger partial charge in [0.2, 0.25) is 0 Å². The van der Waals surface area contributed by atoms with Crippen LogP contribution in [0.25, 0.3) is 10.4 Å². The summed E-state index contributed by atoms with van der Waals surface area (Å²) in [6, 6.07) is 6.60. The number of unbranched alkanes of at least 4 members (excludes halogenated alkanes) is 1. The Balaban J connectivity index is 2.12. The van der Waals surface area contributed by atoms with Crippen molar-refractivity contribution in [1.82, 2.24) is 16.0 Å². The van der Waals surface area contributed by atoms with Crippen LogP contribution in [0.4, 0.5) is 0 Å². The molecule has 0 aromatic heterocycles. The summed E-state index contributed by atoms with van der Waals surface area (Å²) in [5.41, 5.74) is 14.1. The number of carbonyl (C=O) groups is 1. The van der Waals surface area contributed by atoms with Crippen molar-refractivity contribution in [1.29, 1.82) is 0 Å². The minimum Gasteiger partial charge on any atom is -0.393 e. The van der Waals surface area contributed by atoms with Gasteiger partial charge in [-0.25, -0.2) is 0 Å². The fourth-order valence-corrected chi connectivity index (χ4v) is 2.14. The number of nitrogens with two attached hydrogens (primary N) is 1. The van der Waals surface area contributed by atoms with Crippen molar-refractivity contribution >= 4 is 5.91 Å². The topological polar surface area (TPSA) is 137 Å². The number of rotatable bonds is 14. The average molecular weight is 349 g/mol. The minimum atomic E-state index is -0.271. The summed E-state index contributed by atoms with van der Waals surface area (Å²) >= 11 is 0. The van der Waals surface area contributed by atoms with E-state index in [0.717, 1.165) is 45.4 Å². The van der Waals surface area contributed by atoms with E-state index in [1.807, 2.05) is 0 Å². The van der Waals surface area contributed by atoms with Crippen molar-refractivity contribution in [2.45, 2.75) is 19.3 Å². The first-order chi connectivity index (χ1) is 12.3. The Morgan fingerprint density at radius 2 is 1.80 bits per heavy atom. The maximum Gasteiger partial charge on any atom is 0.255 e. The van der Waals surface area contributed by atoms with Gasteiger partial charge in [-0.15, -0.1) is 0 Å². The lowest BCUT2D eigenvalue weighted by Gasteiger charge is -2.09. The van der Waals surface area contributed by atoms with Crippen molar-refractivity contribution < 1.29 is 9.63 Å². The predicted octanol–water partition coefficient (Wildman–Crippen LogP) is 1.33. The lowest BCUT2D eigenvalue weighted by Crippen LogP contribution is -2.33. The molecule has 0 bridgehead atoms. The van der Waals surface area contributed by atoms with Crippen molar-refractivity contribution in [3.63, 3.8) is 0 Å². The van der Waals surface area contributed by atoms with E-state index in [2.05, 4.69) is 26.1 Å². The number of benzene rings is 1. The molecular weight excluding hydrogens is 322 g/mol. The van der Waals surface area contributed by atoms with Crippen LogP contribution in [0.5, 0.6) is 5.75 Å². The van der Waals surface area contributed by atoms with Crippen LogP contribution in [0.2, 0.25) is 0 Å². The molecule has 1 amide bonds. The molecule has 0 heterocycles. The van der Waals surface area contributed by atoms with Gasteiger partial charge >= 0.3 is 0 Å². The molecule has 9 nitrogen and oxygen atoms in total. The van der Waals surface area contributed by atoms with E-state index in [-0.39, 0.29) is 11.7 Å². The summed E-state index contributed by atoms with van der Waals surface area (Å²) in [7, 11) is 0. The Labute approximate surface area is 147 Å². The number of amides is 1. The van der Waals surface area contributed by atoms with Crippen LogP contribution in [-0.2, 0) is 0 Å². The van der Waals surface area contributed by atoms with Crippen LogP contribution in [-0.4, -0.2) is 45.2 Å². The van der Waals surface area contributed by atoms with Crippen molar-refractivity contribution in [3.05, 3.63) is 40.3 Å². The Bertz CT molecular complexity index is 547. The lowest BCUT2D eigenvalue weighted by molar-refractivity contribution is 0.0950. The Hall–Kier alpha value is -2.32. The van der Waals surface area contributed by atoms with Crippen LogP contribution < -0.4 is 26.5 Å². The zero-order valence-corrected chi connectivity index (χ0v) is 14.4. The van der Waals surface area contributed by atoms with Crippen LogP contribution in [0.1, 0.15) is 29.6 Å². The SMILES string of the molecule is [N-]=[N+]=NOc1ccccc1C(=O)NCCNCCCNCCCCN. The van der Waals surface area contributed by atoms with Crippen LogP contribution >= 0.6 is 0 Å². The van der Waals surface area contributed by atoms with Crippen molar-refractivity contribution in [2.24, 2.45) is 11.0 Å². The molecule has 0 spiro atoms. The first-order valence-electron chi connectivity index (χ1n) is 8.49. The lowest BCUT2D eigenvalue weighted by atomic mass is 10.2. The molecule has 1 aromatic carbocycles. The molecule has 5 N–H and O–H groups in total. The monoisotopic (exact) mass is 349 g/mol. The normalized spacial score (nSPS) is 10.1. The highest BCUT2D eigenvalue weighted by Crippen LogP contribution is 2.17. The third-order valence-electron chi connectivity index (χ3n) is 3.41. The third-order valence-corrected chi connectivity index (χ3v) is 3.41. The van der Waals surface area contributed by atoms with Gasteiger partial charge in [-0.3, -0.25) is 4.79 Å². The Kier molecular flexibility index (Phi) is 11.7. The van der Waals surface area contributed by atoms with Crippen molar-refractivity contribution in [2.75, 3.05) is 39.3 Å². The molecular formula is C16H27N7O2. The van der Waals surface area contributed by atoms with Crippen molar-refractivity contribution in [3.8, 4) is 5.75 Å². The second kappa shape index (κ2) is 14.1. The molecule has 0 saturated carbocycles. The van der Waals surface area contributed by atoms with Gasteiger partial charge < -0.3 is 26.5 Å². The number of hydrogen-bond donors (Lipinski definition) is 4. The van der Waals surface area contributed by atoms with Gasteiger partial charge in [-0.2, -0.15) is 0 Å². The molecule has 0 aliphatic carbocycles. The summed E-state index contributed by atoms with van der Waals surface area (Å²) in [5, 5.41) is 12.5. The van der Waals surface area contributed by atoms with E-state index in [4.69, 9.17) is 16.1 Å². The molecule has 1 aromatic rings. The number of para-hydroxylation sites is 1. The van der Waals surface area contributed by atoms with Gasteiger partial charge in [-0.1, -0.05) is 12.1 Å². The number of nitrogens with one attached hydrogen (secondary N) is 3. The second-order valence-electron chi connectivity index (χ2n) is 5.36. The molecule has 0 unspecified atom stereocenters. The molecule has 138 valence electrons. The molecule has 0 fully saturated rings. The summed E-state index contributed by atoms with van der Waals surface area (Å²) in [5.74, 6) is -0.0430. The fraction of sp³-hybridized carbons (Fsp3) is 0.562. The van der Waals surface area contributed by atoms with Crippen LogP contribution in [0.3, 0.4) is 0 Å². The maximum atomic E-state index is 12.1. The highest BCUT2D eigenvalue weighted by molar-refractivity contribution is 5.96. The van der Waals surface area contributed by atoms with E-state index >= 15 is 0 Å². The molecule has 0 saturated heterocycles. The molecule has 0 atom stereocenters. The van der Waals surface area contributed by atoms with Gasteiger partial charge in [0.1, 0.15) is 11.0 Å². The molecule has 0 aliphatic rings. The van der Waals surface area contributed by atoms with Gasteiger partial charge in [0.15, 0.2) is 0 Å². The smallest absolute Gasteiger partial charge is 0.255 e. The van der Waals surface area contributed by atoms with E-state index in [1.165, 1.54) is 0 Å². The van der Waals surface area contributed by atoms with E-state index in [0.29, 0.717) is 18.7 Å². The molecule has 0 radical (unpaired) electrons. The third kappa shape index (κ3) is 9.53. The zero-order valence-electron chi connectivity index (χ0n) is 14.4. The number of hydrogen-bond acceptors (Lipinski definition) is 6. The first-order valence-corrected chi connectivity index (χ1v) is 8.49. The first kappa shape index (κ1) is 20.7. The second-order valence-corrected chi connectivity index (χ2v) is 5.36. The van der Waals surface area contributed by atoms with Gasteiger partial charge in [0, 0.05) is 18.0 Å². The zero-order chi connectivity index (χ0) is 18.2. The van der Waals surface area contributed by atoms with Gasteiger partial charge in [-0.05, 0) is 63.1 Å². The number of azide groups is 1. The van der Waals surface area contributed by atoms with Gasteiger partial charge in [0.05, 0.1) is 5.56 Å². The highest BCUT2D eigenvalue weighted by atomic mass is 16.6. The molecule has 1 rings (SSSR count). The Morgan fingerprint density at radius 3 is 2.56 bits per heavy atom. The number of nitrogens with zero attached hydrogens (tertiary/aromatic N) is 3. The van der Waals surface area contributed by atoms with Crippen LogP contribution in [0, 0.1) is 0 Å². The molecule has 9 heteroatoms. The van der Waals surface area contributed by atoms with E-state index in [9.17, 15) is 4.79 Å². The standard InChI is InChI=1S/C16H27N7O2/c17-8-3-4-9-19-10-5-11-20-12-13-21-16(24)14-6-1-2-7-15(14)25-23-22-18/h1-2,6-7,19-20H,3-5,8-13,17H2,(H,21,24). The van der Waals surface area contributed by atoms with E-state index in [1.54, 1.807) is 24.3 Å². The fourth-order valence-electron chi connectivity index (χ4n) is 2.14. The summed E-state index contributed by atoms with van der Waals surface area (Å²) < 4.78 is 0. The quantitative estimate of drug-likeness (QED) is 0.132.